The van der Waals surface area contributed by atoms with Gasteiger partial charge in [0.2, 0.25) is 0 Å². The summed E-state index contributed by atoms with van der Waals surface area (Å²) < 4.78 is 0. The molecule has 112 valence electrons. The SMILES string of the molecule is Cc1cc2c(N3CCCN(CC(=O)O)CC3)ncnc2s1. The number of carbonyl (C=O) groups is 1. The molecule has 0 atom stereocenters. The Balaban J connectivity index is 1.81. The number of carboxylic acid groups (broad SMARTS) is 1. The van der Waals surface area contributed by atoms with Gasteiger partial charge in [-0.25, -0.2) is 9.97 Å². The van der Waals surface area contributed by atoms with Gasteiger partial charge < -0.3 is 10.0 Å². The number of thiophene rings is 1. The van der Waals surface area contributed by atoms with Crippen LogP contribution in [0.3, 0.4) is 0 Å². The quantitative estimate of drug-likeness (QED) is 0.929. The van der Waals surface area contributed by atoms with Gasteiger partial charge >= 0.3 is 5.97 Å². The second kappa shape index (κ2) is 5.95. The maximum absolute atomic E-state index is 10.8. The number of aromatic nitrogens is 2. The van der Waals surface area contributed by atoms with E-state index in [1.807, 2.05) is 4.90 Å². The molecule has 0 radical (unpaired) electrons. The van der Waals surface area contributed by atoms with Crippen LogP contribution >= 0.6 is 11.3 Å². The van der Waals surface area contributed by atoms with E-state index < -0.39 is 5.97 Å². The van der Waals surface area contributed by atoms with Gasteiger partial charge in [0.1, 0.15) is 17.0 Å². The number of nitrogens with zero attached hydrogens (tertiary/aromatic N) is 4. The van der Waals surface area contributed by atoms with Gasteiger partial charge in [-0.3, -0.25) is 9.69 Å². The summed E-state index contributed by atoms with van der Waals surface area (Å²) in [6.45, 7) is 5.46. The van der Waals surface area contributed by atoms with E-state index in [0.717, 1.165) is 48.6 Å². The van der Waals surface area contributed by atoms with Gasteiger partial charge in [0.15, 0.2) is 0 Å². The lowest BCUT2D eigenvalue weighted by molar-refractivity contribution is -0.138. The van der Waals surface area contributed by atoms with Gasteiger partial charge in [-0.05, 0) is 19.4 Å². The number of carboxylic acids is 1. The molecule has 1 N–H and O–H groups in total. The second-order valence-corrected chi connectivity index (χ2v) is 6.52. The molecule has 2 aromatic heterocycles. The highest BCUT2D eigenvalue weighted by atomic mass is 32.1. The summed E-state index contributed by atoms with van der Waals surface area (Å²) in [7, 11) is 0. The van der Waals surface area contributed by atoms with Crippen LogP contribution in [0, 0.1) is 6.92 Å². The highest BCUT2D eigenvalue weighted by Crippen LogP contribution is 2.30. The molecule has 0 spiro atoms. The predicted octanol–water partition coefficient (Wildman–Crippen LogP) is 1.60. The van der Waals surface area contributed by atoms with Crippen molar-refractivity contribution in [3.05, 3.63) is 17.3 Å². The van der Waals surface area contributed by atoms with Gasteiger partial charge in [0, 0.05) is 31.1 Å². The summed E-state index contributed by atoms with van der Waals surface area (Å²) in [6, 6.07) is 2.13. The van der Waals surface area contributed by atoms with Gasteiger partial charge in [-0.1, -0.05) is 0 Å². The monoisotopic (exact) mass is 306 g/mol. The van der Waals surface area contributed by atoms with E-state index in [0.29, 0.717) is 0 Å². The van der Waals surface area contributed by atoms with Crippen LogP contribution in [-0.2, 0) is 4.79 Å². The number of anilines is 1. The van der Waals surface area contributed by atoms with Gasteiger partial charge in [-0.15, -0.1) is 11.3 Å². The molecule has 2 aromatic rings. The van der Waals surface area contributed by atoms with Crippen LogP contribution in [0.25, 0.3) is 10.2 Å². The van der Waals surface area contributed by atoms with Gasteiger partial charge in [0.05, 0.1) is 11.9 Å². The lowest BCUT2D eigenvalue weighted by Crippen LogP contribution is -2.34. The number of hydrogen-bond donors (Lipinski definition) is 1. The van der Waals surface area contributed by atoms with Crippen molar-refractivity contribution in [1.82, 2.24) is 14.9 Å². The molecule has 0 aromatic carbocycles. The summed E-state index contributed by atoms with van der Waals surface area (Å²) in [5.41, 5.74) is 0. The number of fused-ring (bicyclic) bond motifs is 1. The fourth-order valence-electron chi connectivity index (χ4n) is 2.75. The molecule has 3 rings (SSSR count). The molecule has 1 aliphatic rings. The van der Waals surface area contributed by atoms with E-state index in [2.05, 4.69) is 27.9 Å². The molecule has 0 saturated carbocycles. The minimum absolute atomic E-state index is 0.116. The van der Waals surface area contributed by atoms with Crippen LogP contribution < -0.4 is 4.90 Å². The molecule has 0 amide bonds. The van der Waals surface area contributed by atoms with Crippen molar-refractivity contribution >= 4 is 33.3 Å². The molecule has 0 aliphatic carbocycles. The third kappa shape index (κ3) is 3.14. The average molecular weight is 306 g/mol. The molecular formula is C14H18N4O2S. The molecular weight excluding hydrogens is 288 g/mol. The van der Waals surface area contributed by atoms with E-state index in [-0.39, 0.29) is 6.54 Å². The fraction of sp³-hybridized carbons (Fsp3) is 0.500. The Labute approximate surface area is 127 Å². The predicted molar refractivity (Wildman–Crippen MR) is 83.1 cm³/mol. The van der Waals surface area contributed by atoms with Crippen LogP contribution in [0.1, 0.15) is 11.3 Å². The zero-order chi connectivity index (χ0) is 14.8. The molecule has 6 nitrogen and oxygen atoms in total. The Bertz CT molecular complexity index is 657. The van der Waals surface area contributed by atoms with Crippen LogP contribution in [0.5, 0.6) is 0 Å². The maximum Gasteiger partial charge on any atom is 0.317 e. The molecule has 1 fully saturated rings. The standard InChI is InChI=1S/C14H18N4O2S/c1-10-7-11-13(15-9-16-14(11)21-10)18-4-2-3-17(5-6-18)8-12(19)20/h7,9H,2-6,8H2,1H3,(H,19,20). The first-order valence-electron chi connectivity index (χ1n) is 7.04. The Morgan fingerprint density at radius 2 is 2.19 bits per heavy atom. The molecule has 1 saturated heterocycles. The van der Waals surface area contributed by atoms with Crippen LogP contribution in [0.4, 0.5) is 5.82 Å². The van der Waals surface area contributed by atoms with Crippen LogP contribution in [-0.4, -0.2) is 58.7 Å². The minimum atomic E-state index is -0.763. The largest absolute Gasteiger partial charge is 0.480 e. The fourth-order valence-corrected chi connectivity index (χ4v) is 3.59. The highest BCUT2D eigenvalue weighted by Gasteiger charge is 2.19. The minimum Gasteiger partial charge on any atom is -0.480 e. The molecule has 21 heavy (non-hydrogen) atoms. The number of hydrogen-bond acceptors (Lipinski definition) is 6. The summed E-state index contributed by atoms with van der Waals surface area (Å²) in [5.74, 6) is 0.211. The zero-order valence-corrected chi connectivity index (χ0v) is 12.8. The molecule has 0 bridgehead atoms. The van der Waals surface area contributed by atoms with E-state index in [1.54, 1.807) is 17.7 Å². The lowest BCUT2D eigenvalue weighted by atomic mass is 10.3. The third-order valence-electron chi connectivity index (χ3n) is 3.68. The maximum atomic E-state index is 10.8. The van der Waals surface area contributed by atoms with Crippen molar-refractivity contribution in [2.75, 3.05) is 37.6 Å². The van der Waals surface area contributed by atoms with Crippen LogP contribution in [0.15, 0.2) is 12.4 Å². The molecule has 7 heteroatoms. The Morgan fingerprint density at radius 3 is 3.00 bits per heavy atom. The lowest BCUT2D eigenvalue weighted by Gasteiger charge is -2.22. The highest BCUT2D eigenvalue weighted by molar-refractivity contribution is 7.18. The van der Waals surface area contributed by atoms with E-state index in [9.17, 15) is 4.79 Å². The van der Waals surface area contributed by atoms with Gasteiger partial charge in [-0.2, -0.15) is 0 Å². The first-order chi connectivity index (χ1) is 10.1. The Kier molecular flexibility index (Phi) is 4.03. The summed E-state index contributed by atoms with van der Waals surface area (Å²) in [5, 5.41) is 10.0. The molecule has 3 heterocycles. The summed E-state index contributed by atoms with van der Waals surface area (Å²) >= 11 is 1.68. The summed E-state index contributed by atoms with van der Waals surface area (Å²) in [4.78, 5) is 26.1. The van der Waals surface area contributed by atoms with Crippen molar-refractivity contribution in [2.45, 2.75) is 13.3 Å². The van der Waals surface area contributed by atoms with Gasteiger partial charge in [0.25, 0.3) is 0 Å². The van der Waals surface area contributed by atoms with Crippen molar-refractivity contribution in [1.29, 1.82) is 0 Å². The summed E-state index contributed by atoms with van der Waals surface area (Å²) in [6.07, 6.45) is 2.56. The molecule has 0 unspecified atom stereocenters. The van der Waals surface area contributed by atoms with Crippen molar-refractivity contribution in [2.24, 2.45) is 0 Å². The second-order valence-electron chi connectivity index (χ2n) is 5.28. The first kappa shape index (κ1) is 14.2. The van der Waals surface area contributed by atoms with Crippen molar-refractivity contribution < 1.29 is 9.90 Å². The third-order valence-corrected chi connectivity index (χ3v) is 4.64. The normalized spacial score (nSPS) is 17.1. The topological polar surface area (TPSA) is 69.6 Å². The number of rotatable bonds is 3. The number of aryl methyl sites for hydroxylation is 1. The van der Waals surface area contributed by atoms with E-state index in [1.165, 1.54) is 4.88 Å². The zero-order valence-electron chi connectivity index (χ0n) is 11.9. The molecule has 1 aliphatic heterocycles. The van der Waals surface area contributed by atoms with E-state index in [4.69, 9.17) is 5.11 Å². The van der Waals surface area contributed by atoms with E-state index >= 15 is 0 Å². The number of aliphatic carboxylic acids is 1. The first-order valence-corrected chi connectivity index (χ1v) is 7.85. The van der Waals surface area contributed by atoms with Crippen molar-refractivity contribution in [3.8, 4) is 0 Å². The Hall–Kier alpha value is -1.73. The Morgan fingerprint density at radius 1 is 1.33 bits per heavy atom. The average Bonchev–Trinajstić information content (AvgIpc) is 2.66. The smallest absolute Gasteiger partial charge is 0.317 e. The van der Waals surface area contributed by atoms with Crippen molar-refractivity contribution in [3.63, 3.8) is 0 Å². The van der Waals surface area contributed by atoms with Crippen LogP contribution in [0.2, 0.25) is 0 Å².